The molecule has 1 aliphatic rings. The van der Waals surface area contributed by atoms with Crippen molar-refractivity contribution in [2.75, 3.05) is 11.9 Å². The van der Waals surface area contributed by atoms with Gasteiger partial charge in [-0.05, 0) is 25.1 Å². The summed E-state index contributed by atoms with van der Waals surface area (Å²) < 4.78 is 0. The Kier molecular flexibility index (Phi) is 2.92. The lowest BCUT2D eigenvalue weighted by Gasteiger charge is -2.16. The molecule has 19 heavy (non-hydrogen) atoms. The number of hydrogen-bond donors (Lipinski definition) is 4. The molecule has 1 aliphatic heterocycles. The Morgan fingerprint density at radius 1 is 1.32 bits per heavy atom. The molecule has 2 aromatic rings. The van der Waals surface area contributed by atoms with Crippen LogP contribution < -0.4 is 16.2 Å². The van der Waals surface area contributed by atoms with Crippen LogP contribution in [0.25, 0.3) is 0 Å². The first-order valence-electron chi connectivity index (χ1n) is 6.12. The maximum atomic E-state index is 11.9. The molecular weight excluding hydrogens is 244 g/mol. The van der Waals surface area contributed by atoms with E-state index in [-0.39, 0.29) is 11.3 Å². The van der Waals surface area contributed by atoms with Gasteiger partial charge in [0.15, 0.2) is 0 Å². The van der Waals surface area contributed by atoms with E-state index in [0.717, 1.165) is 17.8 Å². The van der Waals surface area contributed by atoms with Crippen LogP contribution in [0.15, 0.2) is 29.1 Å². The monoisotopic (exact) mass is 258 g/mol. The van der Waals surface area contributed by atoms with Crippen LogP contribution in [0.2, 0.25) is 0 Å². The van der Waals surface area contributed by atoms with E-state index in [1.165, 1.54) is 0 Å². The second-order valence-corrected chi connectivity index (χ2v) is 4.41. The summed E-state index contributed by atoms with van der Waals surface area (Å²) in [5.74, 6) is 0.454. The molecule has 6 nitrogen and oxygen atoms in total. The Morgan fingerprint density at radius 2 is 2.16 bits per heavy atom. The number of H-pyrrole nitrogens is 1. The summed E-state index contributed by atoms with van der Waals surface area (Å²) in [6, 6.07) is 6.81. The van der Waals surface area contributed by atoms with Crippen LogP contribution in [0, 0.1) is 0 Å². The van der Waals surface area contributed by atoms with Crippen molar-refractivity contribution >= 4 is 11.6 Å². The molecule has 0 bridgehead atoms. The molecule has 3 rings (SSSR count). The lowest BCUT2D eigenvalue weighted by molar-refractivity contribution is 0.477. The number of rotatable bonds is 2. The number of para-hydroxylation sites is 2. The van der Waals surface area contributed by atoms with Gasteiger partial charge in [0.2, 0.25) is 5.95 Å². The minimum absolute atomic E-state index is 0.112. The zero-order valence-corrected chi connectivity index (χ0v) is 10.2. The van der Waals surface area contributed by atoms with Crippen LogP contribution in [-0.2, 0) is 13.0 Å². The van der Waals surface area contributed by atoms with Gasteiger partial charge in [0.1, 0.15) is 5.75 Å². The van der Waals surface area contributed by atoms with E-state index >= 15 is 0 Å². The molecule has 0 saturated carbocycles. The number of anilines is 2. The first-order valence-corrected chi connectivity index (χ1v) is 6.12. The SMILES string of the molecule is O=c1[nH]c(Nc2ccccc2O)nc2c1CCNC2. The summed E-state index contributed by atoms with van der Waals surface area (Å²) >= 11 is 0. The van der Waals surface area contributed by atoms with Crippen molar-refractivity contribution in [2.45, 2.75) is 13.0 Å². The van der Waals surface area contributed by atoms with Crippen molar-refractivity contribution in [3.63, 3.8) is 0 Å². The van der Waals surface area contributed by atoms with Crippen LogP contribution in [0.4, 0.5) is 11.6 Å². The van der Waals surface area contributed by atoms with Gasteiger partial charge in [-0.2, -0.15) is 0 Å². The van der Waals surface area contributed by atoms with E-state index in [4.69, 9.17) is 0 Å². The van der Waals surface area contributed by atoms with Crippen molar-refractivity contribution in [2.24, 2.45) is 0 Å². The van der Waals surface area contributed by atoms with Crippen molar-refractivity contribution in [1.82, 2.24) is 15.3 Å². The number of aromatic hydroxyl groups is 1. The molecule has 98 valence electrons. The second kappa shape index (κ2) is 4.74. The average Bonchev–Trinajstić information content (AvgIpc) is 2.42. The second-order valence-electron chi connectivity index (χ2n) is 4.41. The van der Waals surface area contributed by atoms with Crippen molar-refractivity contribution in [3.05, 3.63) is 45.9 Å². The van der Waals surface area contributed by atoms with Gasteiger partial charge in [0.25, 0.3) is 5.56 Å². The number of hydrogen-bond acceptors (Lipinski definition) is 5. The number of phenolic OH excluding ortho intramolecular Hbond substituents is 1. The van der Waals surface area contributed by atoms with E-state index in [9.17, 15) is 9.90 Å². The third kappa shape index (κ3) is 2.30. The third-order valence-electron chi connectivity index (χ3n) is 3.10. The molecule has 2 heterocycles. The van der Waals surface area contributed by atoms with E-state index in [1.54, 1.807) is 24.3 Å². The van der Waals surface area contributed by atoms with E-state index in [2.05, 4.69) is 20.6 Å². The van der Waals surface area contributed by atoms with Gasteiger partial charge < -0.3 is 15.7 Å². The molecule has 0 radical (unpaired) electrons. The van der Waals surface area contributed by atoms with Gasteiger partial charge in [-0.3, -0.25) is 9.78 Å². The molecule has 6 heteroatoms. The van der Waals surface area contributed by atoms with Crippen LogP contribution in [0.3, 0.4) is 0 Å². The molecule has 1 aromatic heterocycles. The molecule has 0 aliphatic carbocycles. The summed E-state index contributed by atoms with van der Waals surface area (Å²) in [6.07, 6.45) is 0.689. The Morgan fingerprint density at radius 3 is 3.00 bits per heavy atom. The highest BCUT2D eigenvalue weighted by Gasteiger charge is 2.15. The zero-order valence-electron chi connectivity index (χ0n) is 10.2. The highest BCUT2D eigenvalue weighted by molar-refractivity contribution is 5.61. The van der Waals surface area contributed by atoms with Gasteiger partial charge >= 0.3 is 0 Å². The largest absolute Gasteiger partial charge is 0.506 e. The molecule has 0 amide bonds. The zero-order chi connectivity index (χ0) is 13.2. The Hall–Kier alpha value is -2.34. The molecule has 0 saturated heterocycles. The minimum atomic E-state index is -0.121. The van der Waals surface area contributed by atoms with Gasteiger partial charge in [0.05, 0.1) is 11.4 Å². The quantitative estimate of drug-likeness (QED) is 0.600. The predicted molar refractivity (Wildman–Crippen MR) is 71.7 cm³/mol. The van der Waals surface area contributed by atoms with Gasteiger partial charge in [-0.1, -0.05) is 12.1 Å². The number of nitrogens with zero attached hydrogens (tertiary/aromatic N) is 1. The van der Waals surface area contributed by atoms with Crippen LogP contribution >= 0.6 is 0 Å². The Labute approximate surface area is 109 Å². The molecule has 0 unspecified atom stereocenters. The topological polar surface area (TPSA) is 90.0 Å². The van der Waals surface area contributed by atoms with E-state index < -0.39 is 0 Å². The first-order chi connectivity index (χ1) is 9.24. The summed E-state index contributed by atoms with van der Waals surface area (Å²) in [4.78, 5) is 19.0. The molecule has 4 N–H and O–H groups in total. The molecule has 0 atom stereocenters. The maximum absolute atomic E-state index is 11.9. The van der Waals surface area contributed by atoms with Crippen molar-refractivity contribution in [3.8, 4) is 5.75 Å². The maximum Gasteiger partial charge on any atom is 0.255 e. The number of fused-ring (bicyclic) bond motifs is 1. The number of nitrogens with one attached hydrogen (secondary N) is 3. The van der Waals surface area contributed by atoms with Crippen LogP contribution in [-0.4, -0.2) is 21.6 Å². The number of phenols is 1. The lowest BCUT2D eigenvalue weighted by Crippen LogP contribution is -2.31. The van der Waals surface area contributed by atoms with E-state index in [0.29, 0.717) is 24.6 Å². The Balaban J connectivity index is 1.96. The minimum Gasteiger partial charge on any atom is -0.506 e. The molecular formula is C13H14N4O2. The standard InChI is InChI=1S/C13H14N4O2/c18-11-4-2-1-3-9(11)15-13-16-10-7-14-6-5-8(10)12(19)17-13/h1-4,14,18H,5-7H2,(H2,15,16,17,19). The highest BCUT2D eigenvalue weighted by Crippen LogP contribution is 2.24. The van der Waals surface area contributed by atoms with Gasteiger partial charge in [-0.25, -0.2) is 4.98 Å². The predicted octanol–water partition coefficient (Wildman–Crippen LogP) is 0.865. The fraction of sp³-hybridized carbons (Fsp3) is 0.231. The lowest BCUT2D eigenvalue weighted by atomic mass is 10.1. The summed E-state index contributed by atoms with van der Waals surface area (Å²) in [5, 5.41) is 15.8. The summed E-state index contributed by atoms with van der Waals surface area (Å²) in [6.45, 7) is 1.39. The van der Waals surface area contributed by atoms with Crippen molar-refractivity contribution in [1.29, 1.82) is 0 Å². The first kappa shape index (κ1) is 11.7. The van der Waals surface area contributed by atoms with Gasteiger partial charge in [-0.15, -0.1) is 0 Å². The van der Waals surface area contributed by atoms with Crippen LogP contribution in [0.1, 0.15) is 11.3 Å². The van der Waals surface area contributed by atoms with Crippen molar-refractivity contribution < 1.29 is 5.11 Å². The van der Waals surface area contributed by atoms with E-state index in [1.807, 2.05) is 0 Å². The number of aromatic nitrogens is 2. The summed E-state index contributed by atoms with van der Waals surface area (Å²) in [5.41, 5.74) is 1.88. The van der Waals surface area contributed by atoms with Crippen LogP contribution in [0.5, 0.6) is 5.75 Å². The molecule has 0 spiro atoms. The molecule has 1 aromatic carbocycles. The Bertz CT molecular complexity index is 666. The normalized spacial score (nSPS) is 13.9. The number of aromatic amines is 1. The summed E-state index contributed by atoms with van der Waals surface area (Å²) in [7, 11) is 0. The third-order valence-corrected chi connectivity index (χ3v) is 3.10. The number of benzene rings is 1. The smallest absolute Gasteiger partial charge is 0.255 e. The fourth-order valence-electron chi connectivity index (χ4n) is 2.13. The average molecular weight is 258 g/mol. The highest BCUT2D eigenvalue weighted by atomic mass is 16.3. The fourth-order valence-corrected chi connectivity index (χ4v) is 2.13. The molecule has 0 fully saturated rings. The van der Waals surface area contributed by atoms with Gasteiger partial charge in [0, 0.05) is 12.1 Å².